The lowest BCUT2D eigenvalue weighted by Gasteiger charge is -2.08. The Hall–Kier alpha value is -3.34. The van der Waals surface area contributed by atoms with Gasteiger partial charge >= 0.3 is 12.1 Å². The molecule has 0 spiro atoms. The summed E-state index contributed by atoms with van der Waals surface area (Å²) in [7, 11) is 0. The Balaban J connectivity index is 2.14. The standard InChI is InChI=1S/C17H10F3N3O2/c18-17(19,20)15-7-10(4-6-22-15)11-1-2-14-12(3-5-21)13(16(24)25)9-23(14)8-11/h1-2,4,6-9H,3H2,(H,24,25). The third kappa shape index (κ3) is 3.04. The number of halogens is 3. The lowest BCUT2D eigenvalue weighted by atomic mass is 10.1. The number of alkyl halides is 3. The molecule has 0 unspecified atom stereocenters. The molecule has 0 radical (unpaired) electrons. The Morgan fingerprint density at radius 1 is 1.24 bits per heavy atom. The van der Waals surface area contributed by atoms with Gasteiger partial charge in [0.15, 0.2) is 0 Å². The van der Waals surface area contributed by atoms with Crippen LogP contribution in [-0.4, -0.2) is 20.5 Å². The van der Waals surface area contributed by atoms with Crippen LogP contribution in [0.1, 0.15) is 21.6 Å². The van der Waals surface area contributed by atoms with Crippen LogP contribution in [0.25, 0.3) is 16.6 Å². The predicted molar refractivity (Wildman–Crippen MR) is 81.9 cm³/mol. The summed E-state index contributed by atoms with van der Waals surface area (Å²) in [5.74, 6) is -1.17. The Morgan fingerprint density at radius 2 is 2.00 bits per heavy atom. The van der Waals surface area contributed by atoms with Gasteiger partial charge in [-0.1, -0.05) is 6.07 Å². The quantitative estimate of drug-likeness (QED) is 0.783. The van der Waals surface area contributed by atoms with Crippen molar-refractivity contribution in [3.63, 3.8) is 0 Å². The maximum Gasteiger partial charge on any atom is 0.433 e. The van der Waals surface area contributed by atoms with E-state index >= 15 is 0 Å². The van der Waals surface area contributed by atoms with Gasteiger partial charge in [0.05, 0.1) is 23.6 Å². The predicted octanol–water partition coefficient (Wildman–Crippen LogP) is 3.78. The molecule has 126 valence electrons. The van der Waals surface area contributed by atoms with Crippen LogP contribution in [0.4, 0.5) is 13.2 Å². The van der Waals surface area contributed by atoms with Crippen LogP contribution in [0.3, 0.4) is 0 Å². The smallest absolute Gasteiger partial charge is 0.433 e. The molecule has 1 N–H and O–H groups in total. The number of carbonyl (C=O) groups is 1. The van der Waals surface area contributed by atoms with Crippen molar-refractivity contribution in [2.75, 3.05) is 0 Å². The van der Waals surface area contributed by atoms with Crippen molar-refractivity contribution in [2.24, 2.45) is 0 Å². The number of hydrogen-bond donors (Lipinski definition) is 1. The molecule has 0 atom stereocenters. The second-order valence-electron chi connectivity index (χ2n) is 5.30. The first kappa shape index (κ1) is 16.5. The van der Waals surface area contributed by atoms with Gasteiger partial charge in [0.2, 0.25) is 0 Å². The topological polar surface area (TPSA) is 78.4 Å². The summed E-state index contributed by atoms with van der Waals surface area (Å²) in [6, 6.07) is 7.45. The Kier molecular flexibility index (Phi) is 3.93. The van der Waals surface area contributed by atoms with Crippen LogP contribution >= 0.6 is 0 Å². The molecule has 0 aliphatic carbocycles. The van der Waals surface area contributed by atoms with Crippen molar-refractivity contribution in [1.82, 2.24) is 9.38 Å². The molecule has 3 heterocycles. The molecule has 0 aromatic carbocycles. The van der Waals surface area contributed by atoms with Gasteiger partial charge in [-0.25, -0.2) is 4.79 Å². The molecule has 0 amide bonds. The van der Waals surface area contributed by atoms with Crippen molar-refractivity contribution in [2.45, 2.75) is 12.6 Å². The number of fused-ring (bicyclic) bond motifs is 1. The van der Waals surface area contributed by atoms with Gasteiger partial charge in [-0.2, -0.15) is 18.4 Å². The number of rotatable bonds is 3. The van der Waals surface area contributed by atoms with Crippen LogP contribution in [0.15, 0.2) is 42.9 Å². The molecule has 0 bridgehead atoms. The largest absolute Gasteiger partial charge is 0.478 e. The number of aromatic carboxylic acids is 1. The summed E-state index contributed by atoms with van der Waals surface area (Å²) in [6.45, 7) is 0. The van der Waals surface area contributed by atoms with Crippen LogP contribution in [0.5, 0.6) is 0 Å². The molecule has 0 aliphatic heterocycles. The van der Waals surface area contributed by atoms with Gasteiger partial charge in [0, 0.05) is 24.2 Å². The number of carboxylic acids is 1. The van der Waals surface area contributed by atoms with E-state index in [1.807, 2.05) is 6.07 Å². The molecule has 0 saturated heterocycles. The van der Waals surface area contributed by atoms with Crippen molar-refractivity contribution >= 4 is 11.5 Å². The third-order valence-corrected chi connectivity index (χ3v) is 3.75. The summed E-state index contributed by atoms with van der Waals surface area (Å²) in [4.78, 5) is 14.6. The zero-order valence-electron chi connectivity index (χ0n) is 12.6. The first-order valence-corrected chi connectivity index (χ1v) is 7.08. The fourth-order valence-electron chi connectivity index (χ4n) is 2.62. The second-order valence-corrected chi connectivity index (χ2v) is 5.30. The van der Waals surface area contributed by atoms with E-state index in [1.54, 1.807) is 12.1 Å². The third-order valence-electron chi connectivity index (χ3n) is 3.75. The molecule has 5 nitrogen and oxygen atoms in total. The number of nitriles is 1. The van der Waals surface area contributed by atoms with Gasteiger partial charge in [0.25, 0.3) is 0 Å². The zero-order valence-corrected chi connectivity index (χ0v) is 12.6. The highest BCUT2D eigenvalue weighted by Crippen LogP contribution is 2.31. The maximum atomic E-state index is 12.8. The number of nitrogens with zero attached hydrogens (tertiary/aromatic N) is 3. The monoisotopic (exact) mass is 345 g/mol. The minimum Gasteiger partial charge on any atom is -0.478 e. The van der Waals surface area contributed by atoms with Gasteiger partial charge in [0.1, 0.15) is 5.69 Å². The molecule has 0 aliphatic rings. The van der Waals surface area contributed by atoms with E-state index in [0.717, 1.165) is 12.3 Å². The van der Waals surface area contributed by atoms with Crippen LogP contribution in [0.2, 0.25) is 0 Å². The average molecular weight is 345 g/mol. The molecule has 8 heteroatoms. The van der Waals surface area contributed by atoms with Crippen molar-refractivity contribution < 1.29 is 23.1 Å². The van der Waals surface area contributed by atoms with Gasteiger partial charge < -0.3 is 9.51 Å². The fraction of sp³-hybridized carbons (Fsp3) is 0.118. The Bertz CT molecular complexity index is 1020. The van der Waals surface area contributed by atoms with E-state index in [1.165, 1.54) is 22.9 Å². The highest BCUT2D eigenvalue weighted by Gasteiger charge is 2.32. The van der Waals surface area contributed by atoms with E-state index in [0.29, 0.717) is 22.2 Å². The summed E-state index contributed by atoms with van der Waals surface area (Å²) in [5.41, 5.74) is 0.644. The van der Waals surface area contributed by atoms with Crippen LogP contribution in [-0.2, 0) is 12.6 Å². The molecule has 0 saturated carbocycles. The molecule has 3 aromatic rings. The van der Waals surface area contributed by atoms with E-state index in [-0.39, 0.29) is 12.0 Å². The van der Waals surface area contributed by atoms with Crippen molar-refractivity contribution in [3.8, 4) is 17.2 Å². The molecule has 3 aromatic heterocycles. The molecule has 3 rings (SSSR count). The number of carboxylic acid groups (broad SMARTS) is 1. The fourth-order valence-corrected chi connectivity index (χ4v) is 2.62. The lowest BCUT2D eigenvalue weighted by Crippen LogP contribution is -2.07. The zero-order chi connectivity index (χ0) is 18.2. The molecular weight excluding hydrogens is 335 g/mol. The van der Waals surface area contributed by atoms with E-state index in [4.69, 9.17) is 5.26 Å². The van der Waals surface area contributed by atoms with E-state index < -0.39 is 17.8 Å². The van der Waals surface area contributed by atoms with Gasteiger partial charge in [-0.05, 0) is 29.3 Å². The van der Waals surface area contributed by atoms with Crippen LogP contribution in [0, 0.1) is 11.3 Å². The normalized spacial score (nSPS) is 11.4. The maximum absolute atomic E-state index is 12.8. The van der Waals surface area contributed by atoms with Gasteiger partial charge in [-0.15, -0.1) is 0 Å². The summed E-state index contributed by atoms with van der Waals surface area (Å²) >= 11 is 0. The first-order chi connectivity index (χ1) is 11.8. The number of pyridine rings is 2. The van der Waals surface area contributed by atoms with Gasteiger partial charge in [-0.3, -0.25) is 4.98 Å². The minimum absolute atomic E-state index is 0.00981. The first-order valence-electron chi connectivity index (χ1n) is 7.08. The van der Waals surface area contributed by atoms with E-state index in [9.17, 15) is 23.1 Å². The van der Waals surface area contributed by atoms with E-state index in [2.05, 4.69) is 4.98 Å². The SMILES string of the molecule is N#CCc1c(C(=O)O)cn2cc(-c3ccnc(C(F)(F)F)c3)ccc12. The number of hydrogen-bond acceptors (Lipinski definition) is 3. The highest BCUT2D eigenvalue weighted by atomic mass is 19.4. The van der Waals surface area contributed by atoms with Crippen molar-refractivity contribution in [1.29, 1.82) is 5.26 Å². The Morgan fingerprint density at radius 3 is 2.64 bits per heavy atom. The minimum atomic E-state index is -4.55. The molecule has 25 heavy (non-hydrogen) atoms. The molecular formula is C17H10F3N3O2. The lowest BCUT2D eigenvalue weighted by molar-refractivity contribution is -0.141. The second kappa shape index (κ2) is 5.94. The summed E-state index contributed by atoms with van der Waals surface area (Å²) in [5, 5.41) is 18.1. The number of aromatic nitrogens is 2. The van der Waals surface area contributed by atoms with Crippen molar-refractivity contribution in [3.05, 3.63) is 59.7 Å². The summed E-state index contributed by atoms with van der Waals surface area (Å²) < 4.78 is 39.9. The molecule has 0 fully saturated rings. The summed E-state index contributed by atoms with van der Waals surface area (Å²) in [6.07, 6.45) is -0.686. The van der Waals surface area contributed by atoms with Crippen LogP contribution < -0.4 is 0 Å². The Labute approximate surface area is 139 Å². The average Bonchev–Trinajstić information content (AvgIpc) is 2.93. The highest BCUT2D eigenvalue weighted by molar-refractivity contribution is 5.92.